The van der Waals surface area contributed by atoms with Crippen LogP contribution in [0.5, 0.6) is 11.5 Å². The number of hydrogen-bond acceptors (Lipinski definition) is 4. The summed E-state index contributed by atoms with van der Waals surface area (Å²) >= 11 is 5.94. The summed E-state index contributed by atoms with van der Waals surface area (Å²) in [6.45, 7) is 3.79. The second-order valence-corrected chi connectivity index (χ2v) is 6.40. The number of para-hydroxylation sites is 2. The third-order valence-corrected chi connectivity index (χ3v) is 4.36. The number of carbonyl (C=O) groups excluding carboxylic acids is 1. The number of nitrogens with one attached hydrogen (secondary N) is 1. The number of rotatable bonds is 6. The lowest BCUT2D eigenvalue weighted by Crippen LogP contribution is -2.43. The van der Waals surface area contributed by atoms with Crippen LogP contribution in [-0.4, -0.2) is 43.2 Å². The van der Waals surface area contributed by atoms with Crippen LogP contribution in [0.15, 0.2) is 42.5 Å². The first-order valence-electron chi connectivity index (χ1n) is 8.41. The van der Waals surface area contributed by atoms with Crippen molar-refractivity contribution in [2.24, 2.45) is 0 Å². The van der Waals surface area contributed by atoms with Gasteiger partial charge in [0.25, 0.3) is 0 Å². The molecule has 1 aliphatic rings. The van der Waals surface area contributed by atoms with E-state index in [9.17, 15) is 9.18 Å². The molecule has 1 atom stereocenters. The highest BCUT2D eigenvalue weighted by Crippen LogP contribution is 2.31. The summed E-state index contributed by atoms with van der Waals surface area (Å²) in [5.41, 5.74) is 0.389. The number of fused-ring (bicyclic) bond motifs is 1. The lowest BCUT2D eigenvalue weighted by molar-refractivity contribution is -0.117. The summed E-state index contributed by atoms with van der Waals surface area (Å²) in [4.78, 5) is 14.2. The van der Waals surface area contributed by atoms with E-state index in [0.29, 0.717) is 31.1 Å². The van der Waals surface area contributed by atoms with Gasteiger partial charge < -0.3 is 14.8 Å². The van der Waals surface area contributed by atoms with Crippen molar-refractivity contribution in [1.82, 2.24) is 4.90 Å². The van der Waals surface area contributed by atoms with Crippen LogP contribution in [0.25, 0.3) is 0 Å². The van der Waals surface area contributed by atoms with Crippen molar-refractivity contribution in [3.8, 4) is 11.5 Å². The molecule has 0 aliphatic carbocycles. The van der Waals surface area contributed by atoms with Crippen molar-refractivity contribution in [2.75, 3.05) is 31.6 Å². The van der Waals surface area contributed by atoms with Gasteiger partial charge in [-0.05, 0) is 36.9 Å². The van der Waals surface area contributed by atoms with Gasteiger partial charge in [0, 0.05) is 6.54 Å². The molecule has 5 nitrogen and oxygen atoms in total. The van der Waals surface area contributed by atoms with E-state index in [1.807, 2.05) is 36.1 Å². The topological polar surface area (TPSA) is 50.8 Å². The third-order valence-electron chi connectivity index (χ3n) is 4.05. The first-order valence-corrected chi connectivity index (χ1v) is 8.78. The van der Waals surface area contributed by atoms with Crippen molar-refractivity contribution >= 4 is 23.2 Å². The van der Waals surface area contributed by atoms with Gasteiger partial charge in [-0.25, -0.2) is 4.39 Å². The molecule has 1 amide bonds. The fourth-order valence-corrected chi connectivity index (χ4v) is 2.94. The summed E-state index contributed by atoms with van der Waals surface area (Å²) in [7, 11) is 0. The molecule has 2 aromatic carbocycles. The Bertz CT molecular complexity index is 787. The second kappa shape index (κ2) is 8.38. The molecule has 2 aromatic rings. The average Bonchev–Trinajstić information content (AvgIpc) is 2.63. The Hall–Kier alpha value is -2.31. The van der Waals surface area contributed by atoms with Crippen LogP contribution < -0.4 is 14.8 Å². The van der Waals surface area contributed by atoms with Crippen LogP contribution in [0, 0.1) is 5.82 Å². The fourth-order valence-electron chi connectivity index (χ4n) is 2.73. The van der Waals surface area contributed by atoms with Gasteiger partial charge in [0.2, 0.25) is 5.91 Å². The maximum atomic E-state index is 13.1. The van der Waals surface area contributed by atoms with Gasteiger partial charge in [-0.2, -0.15) is 0 Å². The maximum Gasteiger partial charge on any atom is 0.238 e. The first kappa shape index (κ1) is 18.5. The molecule has 1 heterocycles. The van der Waals surface area contributed by atoms with Crippen molar-refractivity contribution in [3.05, 3.63) is 53.3 Å². The predicted octanol–water partition coefficient (Wildman–Crippen LogP) is 3.58. The molecule has 0 radical (unpaired) electrons. The van der Waals surface area contributed by atoms with Crippen LogP contribution in [-0.2, 0) is 4.79 Å². The van der Waals surface area contributed by atoms with Crippen LogP contribution in [0.3, 0.4) is 0 Å². The zero-order chi connectivity index (χ0) is 18.5. The van der Waals surface area contributed by atoms with Crippen molar-refractivity contribution < 1.29 is 18.7 Å². The highest BCUT2D eigenvalue weighted by Gasteiger charge is 2.23. The van der Waals surface area contributed by atoms with Gasteiger partial charge in [0.1, 0.15) is 18.5 Å². The van der Waals surface area contributed by atoms with Gasteiger partial charge >= 0.3 is 0 Å². The predicted molar refractivity (Wildman–Crippen MR) is 98.5 cm³/mol. The Labute approximate surface area is 156 Å². The normalized spacial score (nSPS) is 15.8. The van der Waals surface area contributed by atoms with Crippen molar-refractivity contribution in [2.45, 2.75) is 13.0 Å². The Morgan fingerprint density at radius 3 is 2.81 bits per heavy atom. The van der Waals surface area contributed by atoms with Crippen molar-refractivity contribution in [1.29, 1.82) is 0 Å². The Morgan fingerprint density at radius 2 is 2.08 bits per heavy atom. The molecule has 0 fully saturated rings. The molecule has 1 unspecified atom stereocenters. The van der Waals surface area contributed by atoms with Gasteiger partial charge in [-0.3, -0.25) is 9.69 Å². The minimum absolute atomic E-state index is 0.160. The fraction of sp³-hybridized carbons (Fsp3) is 0.316. The smallest absolute Gasteiger partial charge is 0.238 e. The zero-order valence-electron chi connectivity index (χ0n) is 14.4. The quantitative estimate of drug-likeness (QED) is 0.834. The number of hydrogen-bond donors (Lipinski definition) is 1. The molecular formula is C19H20ClFN2O3. The zero-order valence-corrected chi connectivity index (χ0v) is 15.1. The molecule has 26 heavy (non-hydrogen) atoms. The second-order valence-electron chi connectivity index (χ2n) is 6.00. The van der Waals surface area contributed by atoms with Gasteiger partial charge in [0.05, 0.1) is 17.3 Å². The third kappa shape index (κ3) is 4.65. The lowest BCUT2D eigenvalue weighted by atomic mass is 10.2. The first-order chi connectivity index (χ1) is 12.5. The van der Waals surface area contributed by atoms with E-state index in [-0.39, 0.29) is 23.6 Å². The molecule has 1 N–H and O–H groups in total. The number of benzene rings is 2. The molecule has 0 aromatic heterocycles. The van der Waals surface area contributed by atoms with Crippen molar-refractivity contribution in [3.63, 3.8) is 0 Å². The lowest BCUT2D eigenvalue weighted by Gasteiger charge is -2.30. The van der Waals surface area contributed by atoms with Gasteiger partial charge in [-0.1, -0.05) is 30.7 Å². The molecule has 0 bridgehead atoms. The Kier molecular flexibility index (Phi) is 5.96. The van der Waals surface area contributed by atoms with E-state index in [2.05, 4.69) is 5.32 Å². The minimum Gasteiger partial charge on any atom is -0.486 e. The number of carbonyl (C=O) groups is 1. The standard InChI is InChI=1S/C19H20ClFN2O3/c1-2-23(10-14-12-25-17-5-3-4-6-18(17)26-14)11-19(24)22-16-8-7-13(21)9-15(16)20/h3-9,14H,2,10-12H2,1H3,(H,22,24). The highest BCUT2D eigenvalue weighted by molar-refractivity contribution is 6.33. The van der Waals surface area contributed by atoms with E-state index in [4.69, 9.17) is 21.1 Å². The van der Waals surface area contributed by atoms with Gasteiger partial charge in [-0.15, -0.1) is 0 Å². The Balaban J connectivity index is 1.55. The Morgan fingerprint density at radius 1 is 1.31 bits per heavy atom. The summed E-state index contributed by atoms with van der Waals surface area (Å²) < 4.78 is 24.7. The molecular weight excluding hydrogens is 359 g/mol. The van der Waals surface area contributed by atoms with E-state index >= 15 is 0 Å². The van der Waals surface area contributed by atoms with Crippen LogP contribution >= 0.6 is 11.6 Å². The maximum absolute atomic E-state index is 13.1. The average molecular weight is 379 g/mol. The van der Waals surface area contributed by atoms with E-state index < -0.39 is 5.82 Å². The number of likely N-dealkylation sites (N-methyl/N-ethyl adjacent to an activating group) is 1. The van der Waals surface area contributed by atoms with Crippen LogP contribution in [0.4, 0.5) is 10.1 Å². The number of nitrogens with zero attached hydrogens (tertiary/aromatic N) is 1. The van der Waals surface area contributed by atoms with Crippen LogP contribution in [0.1, 0.15) is 6.92 Å². The molecule has 0 saturated carbocycles. The summed E-state index contributed by atoms with van der Waals surface area (Å²) in [5, 5.41) is 2.87. The molecule has 138 valence electrons. The molecule has 0 spiro atoms. The van der Waals surface area contributed by atoms with Gasteiger partial charge in [0.15, 0.2) is 11.5 Å². The van der Waals surface area contributed by atoms with E-state index in [0.717, 1.165) is 5.75 Å². The number of halogens is 2. The molecule has 3 rings (SSSR count). The molecule has 1 aliphatic heterocycles. The molecule has 7 heteroatoms. The number of anilines is 1. The summed E-state index contributed by atoms with van der Waals surface area (Å²) in [5.74, 6) is 0.772. The number of ether oxygens (including phenoxy) is 2. The van der Waals surface area contributed by atoms with E-state index in [1.54, 1.807) is 0 Å². The SMILES string of the molecule is CCN(CC(=O)Nc1ccc(F)cc1Cl)CC1COc2ccccc2O1. The highest BCUT2D eigenvalue weighted by atomic mass is 35.5. The van der Waals surface area contributed by atoms with E-state index in [1.165, 1.54) is 18.2 Å². The summed E-state index contributed by atoms with van der Waals surface area (Å²) in [6, 6.07) is 11.4. The minimum atomic E-state index is -0.446. The molecule has 0 saturated heterocycles. The largest absolute Gasteiger partial charge is 0.486 e. The monoisotopic (exact) mass is 378 g/mol. The summed E-state index contributed by atoms with van der Waals surface area (Å²) in [6.07, 6.45) is -0.160. The van der Waals surface area contributed by atoms with Crippen LogP contribution in [0.2, 0.25) is 5.02 Å². The number of amides is 1.